The molecule has 0 unspecified atom stereocenters. The van der Waals surface area contributed by atoms with Crippen LogP contribution in [-0.4, -0.2) is 41.6 Å². The van der Waals surface area contributed by atoms with E-state index in [4.69, 9.17) is 9.47 Å². The molecule has 1 aromatic carbocycles. The molecule has 1 aromatic heterocycles. The lowest BCUT2D eigenvalue weighted by molar-refractivity contribution is 0.0785. The monoisotopic (exact) mass is 338 g/mol. The smallest absolute Gasteiger partial charge is 0.255 e. The Morgan fingerprint density at radius 3 is 2.76 bits per heavy atom. The van der Waals surface area contributed by atoms with E-state index >= 15 is 0 Å². The van der Waals surface area contributed by atoms with Gasteiger partial charge in [0.25, 0.3) is 5.91 Å². The van der Waals surface area contributed by atoms with Crippen LogP contribution in [0.25, 0.3) is 0 Å². The third-order valence-electron chi connectivity index (χ3n) is 4.78. The molecule has 0 aliphatic carbocycles. The van der Waals surface area contributed by atoms with Crippen molar-refractivity contribution in [2.45, 2.75) is 31.8 Å². The van der Waals surface area contributed by atoms with Gasteiger partial charge in [0.1, 0.15) is 12.7 Å². The topological polar surface area (TPSA) is 51.7 Å². The van der Waals surface area contributed by atoms with Gasteiger partial charge in [-0.1, -0.05) is 12.1 Å². The molecule has 1 atom stereocenters. The van der Waals surface area contributed by atoms with Gasteiger partial charge < -0.3 is 14.4 Å². The van der Waals surface area contributed by atoms with Crippen LogP contribution in [0.5, 0.6) is 11.5 Å². The van der Waals surface area contributed by atoms with E-state index in [-0.39, 0.29) is 12.0 Å². The summed E-state index contributed by atoms with van der Waals surface area (Å²) >= 11 is 0. The molecule has 25 heavy (non-hydrogen) atoms. The SMILES string of the molecule is O=C(c1cccnc1CC[C@@H]1COc2ccccc2O1)N1CCCC1. The Kier molecular flexibility index (Phi) is 4.55. The molecule has 2 aromatic rings. The Morgan fingerprint density at radius 1 is 1.12 bits per heavy atom. The second kappa shape index (κ2) is 7.13. The van der Waals surface area contributed by atoms with Crippen molar-refractivity contribution in [3.63, 3.8) is 0 Å². The summed E-state index contributed by atoms with van der Waals surface area (Å²) in [4.78, 5) is 19.1. The number of benzene rings is 1. The van der Waals surface area contributed by atoms with E-state index in [9.17, 15) is 4.79 Å². The Hall–Kier alpha value is -2.56. The largest absolute Gasteiger partial charge is 0.486 e. The minimum atomic E-state index is -0.0216. The predicted molar refractivity (Wildman–Crippen MR) is 94.0 cm³/mol. The molecule has 0 saturated carbocycles. The first kappa shape index (κ1) is 15.9. The molecule has 5 heteroatoms. The van der Waals surface area contributed by atoms with E-state index in [2.05, 4.69) is 4.98 Å². The van der Waals surface area contributed by atoms with Crippen molar-refractivity contribution in [1.82, 2.24) is 9.88 Å². The van der Waals surface area contributed by atoms with Crippen molar-refractivity contribution in [2.24, 2.45) is 0 Å². The molecule has 0 N–H and O–H groups in total. The summed E-state index contributed by atoms with van der Waals surface area (Å²) in [6, 6.07) is 11.4. The fourth-order valence-corrected chi connectivity index (χ4v) is 3.43. The number of hydrogen-bond donors (Lipinski definition) is 0. The zero-order valence-electron chi connectivity index (χ0n) is 14.2. The lowest BCUT2D eigenvalue weighted by Crippen LogP contribution is -2.31. The first-order valence-corrected chi connectivity index (χ1v) is 8.93. The number of likely N-dealkylation sites (tertiary alicyclic amines) is 1. The molecule has 1 saturated heterocycles. The van der Waals surface area contributed by atoms with Gasteiger partial charge in [-0.15, -0.1) is 0 Å². The summed E-state index contributed by atoms with van der Waals surface area (Å²) in [6.07, 6.45) is 5.38. The van der Waals surface area contributed by atoms with Gasteiger partial charge in [0.2, 0.25) is 0 Å². The average molecular weight is 338 g/mol. The van der Waals surface area contributed by atoms with Crippen LogP contribution in [0.3, 0.4) is 0 Å². The Labute approximate surface area is 147 Å². The van der Waals surface area contributed by atoms with E-state index in [0.29, 0.717) is 13.0 Å². The fraction of sp³-hybridized carbons (Fsp3) is 0.400. The van der Waals surface area contributed by atoms with Gasteiger partial charge in [0.15, 0.2) is 11.5 Å². The molecule has 4 rings (SSSR count). The standard InChI is InChI=1S/C20H22N2O3/c23-20(22-12-3-4-13-22)16-6-5-11-21-17(16)10-9-15-14-24-18-7-1-2-8-19(18)25-15/h1-2,5-8,11,15H,3-4,9-10,12-14H2/t15-/m1/s1. The van der Waals surface area contributed by atoms with Crippen LogP contribution < -0.4 is 9.47 Å². The maximum absolute atomic E-state index is 12.7. The number of para-hydroxylation sites is 2. The number of aryl methyl sites for hydroxylation is 1. The summed E-state index contributed by atoms with van der Waals surface area (Å²) < 4.78 is 11.8. The third-order valence-corrected chi connectivity index (χ3v) is 4.78. The number of nitrogens with zero attached hydrogens (tertiary/aromatic N) is 2. The van der Waals surface area contributed by atoms with Crippen molar-refractivity contribution < 1.29 is 14.3 Å². The molecule has 5 nitrogen and oxygen atoms in total. The highest BCUT2D eigenvalue weighted by Gasteiger charge is 2.24. The highest BCUT2D eigenvalue weighted by Crippen LogP contribution is 2.32. The summed E-state index contributed by atoms with van der Waals surface area (Å²) in [5.74, 6) is 1.68. The molecule has 3 heterocycles. The molecule has 1 amide bonds. The number of carbonyl (C=O) groups excluding carboxylic acids is 1. The van der Waals surface area contributed by atoms with E-state index in [1.165, 1.54) is 0 Å². The Morgan fingerprint density at radius 2 is 1.92 bits per heavy atom. The van der Waals surface area contributed by atoms with Gasteiger partial charge in [-0.25, -0.2) is 0 Å². The maximum Gasteiger partial charge on any atom is 0.255 e. The van der Waals surface area contributed by atoms with Crippen molar-refractivity contribution in [3.05, 3.63) is 53.9 Å². The lowest BCUT2D eigenvalue weighted by atomic mass is 10.1. The molecule has 130 valence electrons. The van der Waals surface area contributed by atoms with Gasteiger partial charge in [-0.3, -0.25) is 9.78 Å². The van der Waals surface area contributed by atoms with Crippen LogP contribution in [0, 0.1) is 0 Å². The number of amides is 1. The molecule has 2 aliphatic rings. The molecule has 1 fully saturated rings. The van der Waals surface area contributed by atoms with E-state index < -0.39 is 0 Å². The van der Waals surface area contributed by atoms with Crippen molar-refractivity contribution in [2.75, 3.05) is 19.7 Å². The first-order chi connectivity index (χ1) is 12.3. The Bertz CT molecular complexity index is 756. The molecular weight excluding hydrogens is 316 g/mol. The van der Waals surface area contributed by atoms with Gasteiger partial charge in [-0.05, 0) is 49.9 Å². The number of rotatable bonds is 4. The molecule has 0 bridgehead atoms. The number of fused-ring (bicyclic) bond motifs is 1. The summed E-state index contributed by atoms with van der Waals surface area (Å²) in [6.45, 7) is 2.23. The third kappa shape index (κ3) is 3.45. The number of pyridine rings is 1. The van der Waals surface area contributed by atoms with Gasteiger partial charge in [0, 0.05) is 19.3 Å². The van der Waals surface area contributed by atoms with Crippen LogP contribution in [0.15, 0.2) is 42.6 Å². The van der Waals surface area contributed by atoms with Gasteiger partial charge in [0.05, 0.1) is 11.3 Å². The highest BCUT2D eigenvalue weighted by atomic mass is 16.6. The minimum Gasteiger partial charge on any atom is -0.486 e. The number of aromatic nitrogens is 1. The quantitative estimate of drug-likeness (QED) is 0.860. The van der Waals surface area contributed by atoms with Gasteiger partial charge >= 0.3 is 0 Å². The number of hydrogen-bond acceptors (Lipinski definition) is 4. The maximum atomic E-state index is 12.7. The van der Waals surface area contributed by atoms with Crippen LogP contribution in [0.1, 0.15) is 35.3 Å². The second-order valence-corrected chi connectivity index (χ2v) is 6.53. The summed E-state index contributed by atoms with van der Waals surface area (Å²) in [5.41, 5.74) is 1.57. The molecule has 0 spiro atoms. The summed E-state index contributed by atoms with van der Waals surface area (Å²) in [7, 11) is 0. The average Bonchev–Trinajstić information content (AvgIpc) is 3.21. The lowest BCUT2D eigenvalue weighted by Gasteiger charge is -2.26. The van der Waals surface area contributed by atoms with Crippen LogP contribution in [0.2, 0.25) is 0 Å². The van der Waals surface area contributed by atoms with Crippen LogP contribution in [0.4, 0.5) is 0 Å². The van der Waals surface area contributed by atoms with Crippen molar-refractivity contribution in [3.8, 4) is 11.5 Å². The summed E-state index contributed by atoms with van der Waals surface area (Å²) in [5, 5.41) is 0. The molecule has 2 aliphatic heterocycles. The molecule has 0 radical (unpaired) electrons. The Balaban J connectivity index is 1.43. The zero-order valence-corrected chi connectivity index (χ0v) is 14.2. The van der Waals surface area contributed by atoms with E-state index in [1.807, 2.05) is 41.3 Å². The second-order valence-electron chi connectivity index (χ2n) is 6.53. The zero-order chi connectivity index (χ0) is 17.1. The minimum absolute atomic E-state index is 0.0216. The van der Waals surface area contributed by atoms with Crippen LogP contribution >= 0.6 is 0 Å². The predicted octanol–water partition coefficient (Wildman–Crippen LogP) is 3.09. The number of carbonyl (C=O) groups is 1. The van der Waals surface area contributed by atoms with Crippen LogP contribution in [-0.2, 0) is 6.42 Å². The van der Waals surface area contributed by atoms with E-state index in [1.54, 1.807) is 6.20 Å². The molecular formula is C20H22N2O3. The normalized spacial score (nSPS) is 19.0. The fourth-order valence-electron chi connectivity index (χ4n) is 3.43. The first-order valence-electron chi connectivity index (χ1n) is 8.93. The van der Waals surface area contributed by atoms with E-state index in [0.717, 1.165) is 55.1 Å². The number of ether oxygens (including phenoxy) is 2. The van der Waals surface area contributed by atoms with Gasteiger partial charge in [-0.2, -0.15) is 0 Å². The van der Waals surface area contributed by atoms with Crippen molar-refractivity contribution >= 4 is 5.91 Å². The van der Waals surface area contributed by atoms with Crippen molar-refractivity contribution in [1.29, 1.82) is 0 Å². The highest BCUT2D eigenvalue weighted by molar-refractivity contribution is 5.95.